The fourth-order valence-corrected chi connectivity index (χ4v) is 8.94. The zero-order valence-corrected chi connectivity index (χ0v) is 19.2. The van der Waals surface area contributed by atoms with Gasteiger partial charge in [0, 0.05) is 25.4 Å². The van der Waals surface area contributed by atoms with Crippen LogP contribution in [0.2, 0.25) is 0 Å². The Morgan fingerprint density at radius 3 is 2.63 bits per heavy atom. The first-order chi connectivity index (χ1) is 14.3. The third kappa shape index (κ3) is 3.23. The van der Waals surface area contributed by atoms with E-state index >= 15 is 0 Å². The first-order valence-corrected chi connectivity index (χ1v) is 12.6. The minimum Gasteiger partial charge on any atom is -0.353 e. The molecule has 0 aromatic heterocycles. The molecule has 5 rings (SSSR count). The van der Waals surface area contributed by atoms with Crippen LogP contribution in [0.3, 0.4) is 0 Å². The maximum absolute atomic E-state index is 12.6. The number of rotatable bonds is 3. The maximum Gasteiger partial charge on any atom is 0.157 e. The van der Waals surface area contributed by atoms with E-state index in [9.17, 15) is 9.59 Å². The molecule has 0 spiro atoms. The van der Waals surface area contributed by atoms with E-state index < -0.39 is 0 Å². The predicted molar refractivity (Wildman–Crippen MR) is 115 cm³/mol. The van der Waals surface area contributed by atoms with E-state index in [1.54, 1.807) is 6.92 Å². The van der Waals surface area contributed by atoms with Crippen LogP contribution in [0.15, 0.2) is 0 Å². The van der Waals surface area contributed by atoms with Crippen LogP contribution < -0.4 is 0 Å². The van der Waals surface area contributed by atoms with Gasteiger partial charge in [-0.15, -0.1) is 0 Å². The van der Waals surface area contributed by atoms with E-state index in [0.29, 0.717) is 35.2 Å². The molecule has 9 atom stereocenters. The van der Waals surface area contributed by atoms with Crippen molar-refractivity contribution in [2.24, 2.45) is 40.4 Å². The van der Waals surface area contributed by atoms with Gasteiger partial charge in [0.05, 0.1) is 6.10 Å². The zero-order chi connectivity index (χ0) is 21.1. The van der Waals surface area contributed by atoms with Crippen molar-refractivity contribution < 1.29 is 19.1 Å². The lowest BCUT2D eigenvalue weighted by Crippen LogP contribution is -2.60. The average Bonchev–Trinajstić information content (AvgIpc) is 3.06. The molecule has 0 radical (unpaired) electrons. The van der Waals surface area contributed by atoms with Crippen LogP contribution in [0.4, 0.5) is 0 Å². The topological polar surface area (TPSA) is 52.6 Å². The van der Waals surface area contributed by atoms with Crippen molar-refractivity contribution in [1.29, 1.82) is 0 Å². The standard InChI is InChI=1S/C26H40O4/c1-16(27)20-9-10-21-19-8-7-17-14-18(28)11-12-25(17,2)24(19)22(15-26(20,21)3)30-23-6-4-5-13-29-23/h17,19-24H,4-15H2,1-3H3. The second kappa shape index (κ2) is 7.69. The molecule has 168 valence electrons. The van der Waals surface area contributed by atoms with Gasteiger partial charge < -0.3 is 9.47 Å². The largest absolute Gasteiger partial charge is 0.353 e. The molecule has 4 saturated carbocycles. The lowest BCUT2D eigenvalue weighted by molar-refractivity contribution is -0.252. The molecule has 0 amide bonds. The highest BCUT2D eigenvalue weighted by atomic mass is 16.7. The molecule has 4 heteroatoms. The molecule has 4 aliphatic carbocycles. The summed E-state index contributed by atoms with van der Waals surface area (Å²) in [5.41, 5.74) is 0.242. The van der Waals surface area contributed by atoms with Gasteiger partial charge in [-0.1, -0.05) is 13.8 Å². The Morgan fingerprint density at radius 2 is 1.90 bits per heavy atom. The van der Waals surface area contributed by atoms with Gasteiger partial charge in [-0.3, -0.25) is 9.59 Å². The number of hydrogen-bond acceptors (Lipinski definition) is 4. The van der Waals surface area contributed by atoms with Crippen molar-refractivity contribution in [3.05, 3.63) is 0 Å². The summed E-state index contributed by atoms with van der Waals surface area (Å²) >= 11 is 0. The second-order valence-corrected chi connectivity index (χ2v) is 11.7. The van der Waals surface area contributed by atoms with Gasteiger partial charge in [0.25, 0.3) is 0 Å². The molecule has 5 fully saturated rings. The first-order valence-electron chi connectivity index (χ1n) is 12.6. The van der Waals surface area contributed by atoms with Crippen LogP contribution in [0.1, 0.15) is 91.4 Å². The Bertz CT molecular complexity index is 697. The summed E-state index contributed by atoms with van der Waals surface area (Å²) in [6.45, 7) is 7.47. The summed E-state index contributed by atoms with van der Waals surface area (Å²) in [5.74, 6) is 3.26. The molecule has 1 heterocycles. The Labute approximate surface area is 181 Å². The molecule has 0 bridgehead atoms. The van der Waals surface area contributed by atoms with Gasteiger partial charge in [0.1, 0.15) is 11.6 Å². The number of fused-ring (bicyclic) bond motifs is 5. The van der Waals surface area contributed by atoms with Gasteiger partial charge in [-0.2, -0.15) is 0 Å². The number of carbonyl (C=O) groups is 2. The van der Waals surface area contributed by atoms with Crippen molar-refractivity contribution in [2.75, 3.05) is 6.61 Å². The van der Waals surface area contributed by atoms with Gasteiger partial charge in [-0.05, 0) is 99.2 Å². The van der Waals surface area contributed by atoms with Gasteiger partial charge in [0.2, 0.25) is 0 Å². The van der Waals surface area contributed by atoms with Crippen LogP contribution >= 0.6 is 0 Å². The quantitative estimate of drug-likeness (QED) is 0.624. The Kier molecular flexibility index (Phi) is 5.41. The van der Waals surface area contributed by atoms with Gasteiger partial charge >= 0.3 is 0 Å². The monoisotopic (exact) mass is 416 g/mol. The van der Waals surface area contributed by atoms with Crippen molar-refractivity contribution in [2.45, 2.75) is 104 Å². The number of Topliss-reactive ketones (excluding diaryl/α,β-unsaturated/α-hetero) is 2. The smallest absolute Gasteiger partial charge is 0.157 e. The van der Waals surface area contributed by atoms with Gasteiger partial charge in [-0.25, -0.2) is 0 Å². The number of hydrogen-bond donors (Lipinski definition) is 0. The molecule has 1 saturated heterocycles. The number of ether oxygens (including phenoxy) is 2. The predicted octanol–water partition coefficient (Wildman–Crippen LogP) is 5.33. The highest BCUT2D eigenvalue weighted by molar-refractivity contribution is 5.80. The van der Waals surface area contributed by atoms with E-state index in [-0.39, 0.29) is 29.1 Å². The molecule has 30 heavy (non-hydrogen) atoms. The summed E-state index contributed by atoms with van der Waals surface area (Å²) in [6, 6.07) is 0. The third-order valence-electron chi connectivity index (χ3n) is 10.3. The minimum atomic E-state index is -0.0871. The van der Waals surface area contributed by atoms with Crippen molar-refractivity contribution >= 4 is 11.6 Å². The Morgan fingerprint density at radius 1 is 1.07 bits per heavy atom. The second-order valence-electron chi connectivity index (χ2n) is 11.7. The highest BCUT2D eigenvalue weighted by Gasteiger charge is 2.64. The van der Waals surface area contributed by atoms with E-state index in [0.717, 1.165) is 51.6 Å². The van der Waals surface area contributed by atoms with Gasteiger partial charge in [0.15, 0.2) is 6.29 Å². The Hall–Kier alpha value is -0.740. The van der Waals surface area contributed by atoms with E-state index in [4.69, 9.17) is 9.47 Å². The van der Waals surface area contributed by atoms with E-state index in [1.165, 1.54) is 25.7 Å². The SMILES string of the molecule is CC(=O)C1CCC2C3CCC4CC(=O)CCC4(C)C3C(OC3CCCCO3)CC12C. The van der Waals surface area contributed by atoms with Crippen LogP contribution in [-0.2, 0) is 19.1 Å². The molecular weight excluding hydrogens is 376 g/mol. The summed E-state index contributed by atoms with van der Waals surface area (Å²) in [5, 5.41) is 0. The molecular formula is C26H40O4. The van der Waals surface area contributed by atoms with Crippen LogP contribution in [-0.4, -0.2) is 30.6 Å². The Balaban J connectivity index is 1.50. The van der Waals surface area contributed by atoms with Crippen LogP contribution in [0.25, 0.3) is 0 Å². The minimum absolute atomic E-state index is 0.0556. The zero-order valence-electron chi connectivity index (χ0n) is 19.2. The van der Waals surface area contributed by atoms with E-state index in [2.05, 4.69) is 13.8 Å². The summed E-state index contributed by atoms with van der Waals surface area (Å²) in [4.78, 5) is 24.9. The molecule has 0 N–H and O–H groups in total. The molecule has 1 aliphatic heterocycles. The fourth-order valence-electron chi connectivity index (χ4n) is 8.94. The van der Waals surface area contributed by atoms with Crippen LogP contribution in [0.5, 0.6) is 0 Å². The van der Waals surface area contributed by atoms with E-state index in [1.807, 2.05) is 0 Å². The highest BCUT2D eigenvalue weighted by Crippen LogP contribution is 2.67. The molecule has 5 aliphatic rings. The fraction of sp³-hybridized carbons (Fsp3) is 0.923. The normalized spacial score (nSPS) is 51.0. The third-order valence-corrected chi connectivity index (χ3v) is 10.3. The lowest BCUT2D eigenvalue weighted by atomic mass is 9.44. The van der Waals surface area contributed by atoms with Crippen molar-refractivity contribution in [1.82, 2.24) is 0 Å². The van der Waals surface area contributed by atoms with Crippen molar-refractivity contribution in [3.63, 3.8) is 0 Å². The van der Waals surface area contributed by atoms with Crippen LogP contribution in [0, 0.1) is 40.4 Å². The summed E-state index contributed by atoms with van der Waals surface area (Å²) in [7, 11) is 0. The molecule has 4 nitrogen and oxygen atoms in total. The first kappa shape index (κ1) is 21.1. The average molecular weight is 417 g/mol. The molecule has 9 unspecified atom stereocenters. The summed E-state index contributed by atoms with van der Waals surface area (Å²) in [6.07, 6.45) is 11.5. The number of ketones is 2. The molecule has 0 aromatic carbocycles. The molecule has 0 aromatic rings. The van der Waals surface area contributed by atoms with Crippen molar-refractivity contribution in [3.8, 4) is 0 Å². The summed E-state index contributed by atoms with van der Waals surface area (Å²) < 4.78 is 12.8. The maximum atomic E-state index is 12.6. The number of carbonyl (C=O) groups excluding carboxylic acids is 2. The lowest BCUT2D eigenvalue weighted by Gasteiger charge is -2.62.